The van der Waals surface area contributed by atoms with E-state index < -0.39 is 0 Å². The molecular weight excluding hydrogens is 439 g/mol. The van der Waals surface area contributed by atoms with Crippen LogP contribution in [0.4, 0.5) is 0 Å². The number of hydrogen-bond acceptors (Lipinski definition) is 5. The zero-order valence-electron chi connectivity index (χ0n) is 17.1. The zero-order chi connectivity index (χ0) is 18.3. The van der Waals surface area contributed by atoms with E-state index in [9.17, 15) is 0 Å². The lowest BCUT2D eigenvalue weighted by molar-refractivity contribution is 0.296. The number of aliphatic hydroxyl groups excluding tert-OH is 1. The molecule has 0 aromatic heterocycles. The lowest BCUT2D eigenvalue weighted by Gasteiger charge is -2.30. The van der Waals surface area contributed by atoms with Crippen LogP contribution in [0.3, 0.4) is 0 Å². The molecule has 1 heterocycles. The van der Waals surface area contributed by atoms with Crippen LogP contribution in [0.25, 0.3) is 0 Å². The summed E-state index contributed by atoms with van der Waals surface area (Å²) >= 11 is 0. The molecule has 5 nitrogen and oxygen atoms in total. The van der Waals surface area contributed by atoms with Crippen molar-refractivity contribution in [1.29, 1.82) is 0 Å². The summed E-state index contributed by atoms with van der Waals surface area (Å²) in [7, 11) is 2.02. The Bertz CT molecular complexity index is 401. The molecule has 0 amide bonds. The van der Waals surface area contributed by atoms with Crippen LogP contribution >= 0.6 is 24.0 Å². The maximum Gasteiger partial charge on any atom is 0.200 e. The highest BCUT2D eigenvalue weighted by Gasteiger charge is 2.17. The normalized spacial score (nSPS) is 16.6. The lowest BCUT2D eigenvalue weighted by Crippen LogP contribution is -2.46. The lowest BCUT2D eigenvalue weighted by atomic mass is 10.1. The number of rotatable bonds is 14. The van der Waals surface area contributed by atoms with Gasteiger partial charge in [-0.25, -0.2) is 0 Å². The first kappa shape index (κ1) is 25.5. The van der Waals surface area contributed by atoms with Crippen molar-refractivity contribution in [2.24, 2.45) is 4.99 Å². The molecule has 0 radical (unpaired) electrons. The average molecular weight is 480 g/mol. The Morgan fingerprint density at radius 2 is 1.54 bits per heavy atom. The van der Waals surface area contributed by atoms with Crippen molar-refractivity contribution in [1.82, 2.24) is 15.5 Å². The molecule has 1 aliphatic heterocycles. The fourth-order valence-electron chi connectivity index (χ4n) is 3.02. The molecule has 26 heavy (non-hydrogen) atoms. The second kappa shape index (κ2) is 16.7. The van der Waals surface area contributed by atoms with Crippen LogP contribution in [0.2, 0.25) is 0 Å². The topological polar surface area (TPSA) is 59.9 Å². The predicted molar refractivity (Wildman–Crippen MR) is 123 cm³/mol. The summed E-state index contributed by atoms with van der Waals surface area (Å²) in [5, 5.41) is 15.6. The zero-order valence-corrected chi connectivity index (χ0v) is 19.4. The summed E-state index contributed by atoms with van der Waals surface area (Å²) in [6.07, 6.45) is 15.8. The van der Waals surface area contributed by atoms with Crippen LogP contribution in [0.1, 0.15) is 78.1 Å². The van der Waals surface area contributed by atoms with Gasteiger partial charge >= 0.3 is 0 Å². The van der Waals surface area contributed by atoms with E-state index in [-0.39, 0.29) is 30.6 Å². The highest BCUT2D eigenvalue weighted by molar-refractivity contribution is 14.0. The van der Waals surface area contributed by atoms with Gasteiger partial charge in [-0.3, -0.25) is 0 Å². The van der Waals surface area contributed by atoms with E-state index in [4.69, 9.17) is 5.11 Å². The molecule has 0 bridgehead atoms. The third kappa shape index (κ3) is 11.3. The number of aliphatic hydroxyl groups is 1. The van der Waals surface area contributed by atoms with Gasteiger partial charge in [0.25, 0.3) is 0 Å². The summed E-state index contributed by atoms with van der Waals surface area (Å²) in [6.45, 7) is 6.05. The van der Waals surface area contributed by atoms with E-state index in [0.29, 0.717) is 12.6 Å². The Morgan fingerprint density at radius 3 is 2.12 bits per heavy atom. The third-order valence-electron chi connectivity index (χ3n) is 4.80. The van der Waals surface area contributed by atoms with Crippen molar-refractivity contribution in [3.8, 4) is 0 Å². The van der Waals surface area contributed by atoms with Crippen LogP contribution in [0.5, 0.6) is 0 Å². The molecule has 0 fully saturated rings. The van der Waals surface area contributed by atoms with E-state index in [2.05, 4.69) is 40.4 Å². The number of aliphatic imine (C=N–C) groups is 1. The molecule has 6 heteroatoms. The minimum atomic E-state index is 0. The largest absolute Gasteiger partial charge is 0.395 e. The van der Waals surface area contributed by atoms with Crippen molar-refractivity contribution in [3.05, 3.63) is 11.9 Å². The number of unbranched alkanes of at least 4 members (excludes halogenated alkanes) is 9. The number of hydrogen-bond donors (Lipinski definition) is 3. The third-order valence-corrected chi connectivity index (χ3v) is 4.80. The van der Waals surface area contributed by atoms with Gasteiger partial charge in [0.2, 0.25) is 5.96 Å². The SMILES string of the molecule is CCCCCCCCCCCCNC1=CC(C)N(C)C(NCCO)=N1.I. The van der Waals surface area contributed by atoms with Gasteiger partial charge in [0.05, 0.1) is 12.6 Å². The van der Waals surface area contributed by atoms with Gasteiger partial charge in [0, 0.05) is 20.1 Å². The predicted octanol–water partition coefficient (Wildman–Crippen LogP) is 4.23. The maximum absolute atomic E-state index is 8.96. The Kier molecular flexibility index (Phi) is 16.3. The van der Waals surface area contributed by atoms with Crippen LogP contribution in [0.15, 0.2) is 16.9 Å². The van der Waals surface area contributed by atoms with Crippen molar-refractivity contribution < 1.29 is 5.11 Å². The quantitative estimate of drug-likeness (QED) is 0.257. The Hall–Kier alpha value is -0.500. The number of nitrogens with one attached hydrogen (secondary N) is 2. The molecule has 1 rings (SSSR count). The van der Waals surface area contributed by atoms with Gasteiger partial charge in [0.1, 0.15) is 5.82 Å². The van der Waals surface area contributed by atoms with Gasteiger partial charge in [-0.15, -0.1) is 24.0 Å². The molecule has 1 atom stereocenters. The molecule has 0 aromatic carbocycles. The standard InChI is InChI=1S/C20H40N4O.HI/c1-4-5-6-7-8-9-10-11-12-13-14-21-19-17-18(2)24(3)20(23-19)22-15-16-25;/h17-18,21,25H,4-16H2,1-3H3,(H,22,23);1H. The molecule has 0 saturated heterocycles. The van der Waals surface area contributed by atoms with E-state index >= 15 is 0 Å². The van der Waals surface area contributed by atoms with Crippen LogP contribution in [0, 0.1) is 0 Å². The highest BCUT2D eigenvalue weighted by Crippen LogP contribution is 2.12. The molecule has 0 aliphatic carbocycles. The first-order chi connectivity index (χ1) is 12.2. The van der Waals surface area contributed by atoms with Gasteiger partial charge < -0.3 is 20.6 Å². The fraction of sp³-hybridized carbons (Fsp3) is 0.850. The molecule has 0 saturated carbocycles. The Morgan fingerprint density at radius 1 is 0.962 bits per heavy atom. The molecule has 3 N–H and O–H groups in total. The molecule has 1 unspecified atom stereocenters. The van der Waals surface area contributed by atoms with Crippen molar-refractivity contribution in [2.45, 2.75) is 84.1 Å². The Balaban J connectivity index is 0.00000625. The molecular formula is C20H41IN4O. The minimum absolute atomic E-state index is 0. The van der Waals surface area contributed by atoms with E-state index in [1.54, 1.807) is 0 Å². The summed E-state index contributed by atoms with van der Waals surface area (Å²) in [6, 6.07) is 0.300. The number of likely N-dealkylation sites (N-methyl/N-ethyl adjacent to an activating group) is 1. The summed E-state index contributed by atoms with van der Waals surface area (Å²) in [5.74, 6) is 1.77. The van der Waals surface area contributed by atoms with Gasteiger partial charge in [-0.05, 0) is 19.4 Å². The maximum atomic E-state index is 8.96. The van der Waals surface area contributed by atoms with E-state index in [1.807, 2.05) is 7.05 Å². The van der Waals surface area contributed by atoms with Crippen LogP contribution in [-0.2, 0) is 0 Å². The second-order valence-electron chi connectivity index (χ2n) is 7.10. The smallest absolute Gasteiger partial charge is 0.200 e. The van der Waals surface area contributed by atoms with Crippen LogP contribution < -0.4 is 10.6 Å². The summed E-state index contributed by atoms with van der Waals surface area (Å²) in [5.41, 5.74) is 0. The first-order valence-corrected chi connectivity index (χ1v) is 10.3. The van der Waals surface area contributed by atoms with E-state index in [0.717, 1.165) is 18.3 Å². The van der Waals surface area contributed by atoms with Crippen LogP contribution in [-0.4, -0.2) is 48.8 Å². The summed E-state index contributed by atoms with van der Waals surface area (Å²) in [4.78, 5) is 6.69. The summed E-state index contributed by atoms with van der Waals surface area (Å²) < 4.78 is 0. The molecule has 0 spiro atoms. The van der Waals surface area contributed by atoms with Gasteiger partial charge in [-0.2, -0.15) is 4.99 Å². The monoisotopic (exact) mass is 480 g/mol. The van der Waals surface area contributed by atoms with Gasteiger partial charge in [-0.1, -0.05) is 64.7 Å². The fourth-order valence-corrected chi connectivity index (χ4v) is 3.02. The van der Waals surface area contributed by atoms with Gasteiger partial charge in [0.15, 0.2) is 0 Å². The molecule has 1 aliphatic rings. The second-order valence-corrected chi connectivity index (χ2v) is 7.10. The first-order valence-electron chi connectivity index (χ1n) is 10.3. The number of guanidine groups is 1. The molecule has 154 valence electrons. The average Bonchev–Trinajstić information content (AvgIpc) is 2.61. The van der Waals surface area contributed by atoms with Crippen molar-refractivity contribution in [3.63, 3.8) is 0 Å². The van der Waals surface area contributed by atoms with E-state index in [1.165, 1.54) is 64.2 Å². The highest BCUT2D eigenvalue weighted by atomic mass is 127. The molecule has 0 aromatic rings. The number of halogens is 1. The van der Waals surface area contributed by atoms with Crippen molar-refractivity contribution >= 4 is 29.9 Å². The Labute approximate surface area is 178 Å². The number of nitrogens with zero attached hydrogens (tertiary/aromatic N) is 2. The minimum Gasteiger partial charge on any atom is -0.395 e. The van der Waals surface area contributed by atoms with Crippen molar-refractivity contribution in [2.75, 3.05) is 26.7 Å².